The molecule has 0 aliphatic heterocycles. The molecule has 0 saturated carbocycles. The van der Waals surface area contributed by atoms with E-state index in [9.17, 15) is 4.79 Å². The third-order valence-electron chi connectivity index (χ3n) is 4.07. The number of hydrogen-bond acceptors (Lipinski definition) is 5. The van der Waals surface area contributed by atoms with Crippen molar-refractivity contribution in [2.24, 2.45) is 7.05 Å². The van der Waals surface area contributed by atoms with Crippen LogP contribution >= 0.6 is 0 Å². The summed E-state index contributed by atoms with van der Waals surface area (Å²) in [6, 6.07) is 5.81. The van der Waals surface area contributed by atoms with Crippen molar-refractivity contribution >= 4 is 16.7 Å². The standard InChI is InChI=1S/C16H16N6O2/c1-20-13-10-17-14(11-9-18-22-6-4-3-5-12(11)22)19-15(13)21(16(20)23)7-8-24-2/h3-6,9-10H,7-8H2,1-2H3. The fourth-order valence-corrected chi connectivity index (χ4v) is 2.80. The molecule has 0 saturated heterocycles. The first-order chi connectivity index (χ1) is 11.7. The highest BCUT2D eigenvalue weighted by atomic mass is 16.5. The zero-order chi connectivity index (χ0) is 16.7. The van der Waals surface area contributed by atoms with Crippen LogP contribution in [0.4, 0.5) is 0 Å². The molecular formula is C16H16N6O2. The van der Waals surface area contributed by atoms with Gasteiger partial charge in [-0.1, -0.05) is 6.07 Å². The predicted molar refractivity (Wildman–Crippen MR) is 88.8 cm³/mol. The Bertz CT molecular complexity index is 1090. The van der Waals surface area contributed by atoms with Crippen LogP contribution in [0, 0.1) is 0 Å². The Morgan fingerprint density at radius 3 is 2.92 bits per heavy atom. The van der Waals surface area contributed by atoms with Crippen LogP contribution < -0.4 is 5.69 Å². The van der Waals surface area contributed by atoms with Crippen LogP contribution in [0.25, 0.3) is 28.1 Å². The molecule has 0 aliphatic carbocycles. The minimum absolute atomic E-state index is 0.131. The molecule has 0 bridgehead atoms. The van der Waals surface area contributed by atoms with E-state index in [1.54, 1.807) is 40.2 Å². The average Bonchev–Trinajstić information content (AvgIpc) is 3.14. The van der Waals surface area contributed by atoms with Gasteiger partial charge >= 0.3 is 5.69 Å². The van der Waals surface area contributed by atoms with Crippen LogP contribution in [0.2, 0.25) is 0 Å². The fourth-order valence-electron chi connectivity index (χ4n) is 2.80. The van der Waals surface area contributed by atoms with Crippen LogP contribution in [-0.4, -0.2) is 42.4 Å². The van der Waals surface area contributed by atoms with Crippen molar-refractivity contribution in [3.63, 3.8) is 0 Å². The number of rotatable bonds is 4. The Morgan fingerprint density at radius 2 is 2.08 bits per heavy atom. The van der Waals surface area contributed by atoms with Crippen molar-refractivity contribution in [1.29, 1.82) is 0 Å². The van der Waals surface area contributed by atoms with E-state index in [-0.39, 0.29) is 5.69 Å². The smallest absolute Gasteiger partial charge is 0.330 e. The van der Waals surface area contributed by atoms with Gasteiger partial charge in [-0.25, -0.2) is 19.3 Å². The molecule has 4 aromatic heterocycles. The van der Waals surface area contributed by atoms with Crippen LogP contribution in [0.3, 0.4) is 0 Å². The number of aromatic nitrogens is 6. The van der Waals surface area contributed by atoms with E-state index in [1.807, 2.05) is 24.4 Å². The molecule has 0 fully saturated rings. The van der Waals surface area contributed by atoms with E-state index in [1.165, 1.54) is 0 Å². The van der Waals surface area contributed by atoms with Crippen LogP contribution in [0.5, 0.6) is 0 Å². The average molecular weight is 324 g/mol. The van der Waals surface area contributed by atoms with Gasteiger partial charge in [-0.15, -0.1) is 0 Å². The lowest BCUT2D eigenvalue weighted by atomic mass is 10.2. The van der Waals surface area contributed by atoms with E-state index in [0.717, 1.165) is 11.1 Å². The second kappa shape index (κ2) is 5.57. The Hall–Kier alpha value is -3.00. The fraction of sp³-hybridized carbons (Fsp3) is 0.250. The molecule has 4 rings (SSSR count). The number of ether oxygens (including phenoxy) is 1. The molecule has 24 heavy (non-hydrogen) atoms. The van der Waals surface area contributed by atoms with Crippen molar-refractivity contribution < 1.29 is 4.74 Å². The summed E-state index contributed by atoms with van der Waals surface area (Å²) < 4.78 is 10.0. The largest absolute Gasteiger partial charge is 0.383 e. The van der Waals surface area contributed by atoms with Crippen LogP contribution in [0.1, 0.15) is 0 Å². The Labute approximate surface area is 136 Å². The highest BCUT2D eigenvalue weighted by Gasteiger charge is 2.16. The molecule has 0 aliphatic rings. The van der Waals surface area contributed by atoms with Gasteiger partial charge in [0.05, 0.1) is 36.6 Å². The van der Waals surface area contributed by atoms with E-state index < -0.39 is 0 Å². The molecule has 0 radical (unpaired) electrons. The maximum Gasteiger partial charge on any atom is 0.330 e. The minimum atomic E-state index is -0.131. The number of aryl methyl sites for hydroxylation is 1. The van der Waals surface area contributed by atoms with Crippen molar-refractivity contribution in [3.8, 4) is 11.4 Å². The van der Waals surface area contributed by atoms with Crippen molar-refractivity contribution in [2.45, 2.75) is 6.54 Å². The lowest BCUT2D eigenvalue weighted by molar-refractivity contribution is 0.187. The summed E-state index contributed by atoms with van der Waals surface area (Å²) in [4.78, 5) is 21.4. The molecule has 8 heteroatoms. The van der Waals surface area contributed by atoms with Crippen LogP contribution in [-0.2, 0) is 18.3 Å². The Kier molecular flexibility index (Phi) is 3.39. The molecule has 4 heterocycles. The third kappa shape index (κ3) is 2.11. The van der Waals surface area contributed by atoms with E-state index in [4.69, 9.17) is 4.74 Å². The number of nitrogens with zero attached hydrogens (tertiary/aromatic N) is 6. The first-order valence-electron chi connectivity index (χ1n) is 7.54. The van der Waals surface area contributed by atoms with Crippen molar-refractivity contribution in [3.05, 3.63) is 47.3 Å². The summed E-state index contributed by atoms with van der Waals surface area (Å²) >= 11 is 0. The second-order valence-electron chi connectivity index (χ2n) is 5.48. The van der Waals surface area contributed by atoms with Gasteiger partial charge in [0, 0.05) is 20.4 Å². The van der Waals surface area contributed by atoms with Gasteiger partial charge in [-0.05, 0) is 12.1 Å². The number of fused-ring (bicyclic) bond motifs is 2. The summed E-state index contributed by atoms with van der Waals surface area (Å²) in [7, 11) is 3.32. The zero-order valence-corrected chi connectivity index (χ0v) is 13.4. The zero-order valence-electron chi connectivity index (χ0n) is 13.4. The van der Waals surface area contributed by atoms with Gasteiger partial charge in [0.1, 0.15) is 5.52 Å². The number of methoxy groups -OCH3 is 1. The van der Waals surface area contributed by atoms with Crippen molar-refractivity contribution in [2.75, 3.05) is 13.7 Å². The summed E-state index contributed by atoms with van der Waals surface area (Å²) in [6.45, 7) is 0.882. The maximum atomic E-state index is 12.4. The van der Waals surface area contributed by atoms with E-state index >= 15 is 0 Å². The number of pyridine rings is 1. The molecular weight excluding hydrogens is 308 g/mol. The monoisotopic (exact) mass is 324 g/mol. The molecule has 0 atom stereocenters. The van der Waals surface area contributed by atoms with Gasteiger partial charge < -0.3 is 4.74 Å². The summed E-state index contributed by atoms with van der Waals surface area (Å²) in [5.41, 5.74) is 2.90. The van der Waals surface area contributed by atoms with Gasteiger partial charge in [0.25, 0.3) is 0 Å². The van der Waals surface area contributed by atoms with E-state index in [2.05, 4.69) is 15.1 Å². The van der Waals surface area contributed by atoms with Gasteiger partial charge in [-0.2, -0.15) is 5.10 Å². The second-order valence-corrected chi connectivity index (χ2v) is 5.48. The first kappa shape index (κ1) is 14.6. The highest BCUT2D eigenvalue weighted by Crippen LogP contribution is 2.22. The summed E-state index contributed by atoms with van der Waals surface area (Å²) in [5, 5.41) is 4.31. The van der Waals surface area contributed by atoms with Gasteiger partial charge in [-0.3, -0.25) is 9.13 Å². The number of hydrogen-bond donors (Lipinski definition) is 0. The normalized spacial score (nSPS) is 11.6. The number of imidazole rings is 1. The lowest BCUT2D eigenvalue weighted by Gasteiger charge is -2.03. The van der Waals surface area contributed by atoms with E-state index in [0.29, 0.717) is 30.1 Å². The predicted octanol–water partition coefficient (Wildman–Crippen LogP) is 1.09. The molecule has 0 N–H and O–H groups in total. The van der Waals surface area contributed by atoms with Gasteiger partial charge in [0.15, 0.2) is 11.5 Å². The molecule has 0 amide bonds. The molecule has 122 valence electrons. The Balaban J connectivity index is 1.93. The maximum absolute atomic E-state index is 12.4. The topological polar surface area (TPSA) is 79.2 Å². The molecule has 0 spiro atoms. The van der Waals surface area contributed by atoms with Crippen molar-refractivity contribution in [1.82, 2.24) is 28.7 Å². The molecule has 4 aromatic rings. The third-order valence-corrected chi connectivity index (χ3v) is 4.07. The minimum Gasteiger partial charge on any atom is -0.383 e. The van der Waals surface area contributed by atoms with Gasteiger partial charge in [0.2, 0.25) is 0 Å². The highest BCUT2D eigenvalue weighted by molar-refractivity contribution is 5.79. The summed E-state index contributed by atoms with van der Waals surface area (Å²) in [5.74, 6) is 0.542. The summed E-state index contributed by atoms with van der Waals surface area (Å²) in [6.07, 6.45) is 5.28. The molecule has 0 aromatic carbocycles. The Morgan fingerprint density at radius 1 is 1.21 bits per heavy atom. The first-order valence-corrected chi connectivity index (χ1v) is 7.54. The SMILES string of the molecule is COCCn1c(=O)n(C)c2cnc(-c3cnn4ccccc34)nc21. The molecule has 8 nitrogen and oxygen atoms in total. The quantitative estimate of drug-likeness (QED) is 0.561. The molecule has 0 unspecified atom stereocenters. The van der Waals surface area contributed by atoms with Crippen LogP contribution in [0.15, 0.2) is 41.6 Å². The lowest BCUT2D eigenvalue weighted by Crippen LogP contribution is -2.24.